The molecule has 0 unspecified atom stereocenters. The molecule has 0 aliphatic rings. The number of nitrogens with zero attached hydrogens (tertiary/aromatic N) is 2. The van der Waals surface area contributed by atoms with Crippen molar-refractivity contribution in [2.75, 3.05) is 5.73 Å². The number of nitrogens with two attached hydrogens (primary N) is 2. The first-order valence-corrected chi connectivity index (χ1v) is 7.33. The number of rotatable bonds is 5. The maximum atomic E-state index is 9.98. The number of halogens is 1. The van der Waals surface area contributed by atoms with E-state index < -0.39 is 0 Å². The third-order valence-electron chi connectivity index (χ3n) is 3.64. The zero-order valence-corrected chi connectivity index (χ0v) is 13.8. The molecule has 2 aromatic rings. The van der Waals surface area contributed by atoms with Gasteiger partial charge < -0.3 is 16.6 Å². The van der Waals surface area contributed by atoms with Gasteiger partial charge in [-0.3, -0.25) is 0 Å². The van der Waals surface area contributed by atoms with E-state index in [2.05, 4.69) is 18.0 Å². The largest absolute Gasteiger partial charge is 0.507 e. The Morgan fingerprint density at radius 1 is 1.35 bits per heavy atom. The summed E-state index contributed by atoms with van der Waals surface area (Å²) in [7, 11) is 0. The van der Waals surface area contributed by atoms with E-state index in [1.54, 1.807) is 24.3 Å². The molecule has 0 amide bonds. The van der Waals surface area contributed by atoms with Gasteiger partial charge in [0.15, 0.2) is 0 Å². The maximum Gasteiger partial charge on any atom is 0.142 e. The molecular formula is C17H21ClN4O. The summed E-state index contributed by atoms with van der Waals surface area (Å²) in [5.74, 6) is 0.261. The molecule has 5 N–H and O–H groups in total. The number of hydrogen-bond donors (Lipinski definition) is 3. The monoisotopic (exact) mass is 332 g/mol. The minimum atomic E-state index is -0.274. The van der Waals surface area contributed by atoms with E-state index in [0.717, 1.165) is 19.3 Å². The van der Waals surface area contributed by atoms with Gasteiger partial charge in [0.2, 0.25) is 0 Å². The third kappa shape index (κ3) is 4.13. The van der Waals surface area contributed by atoms with Crippen molar-refractivity contribution in [3.05, 3.63) is 41.5 Å². The first kappa shape index (κ1) is 18.8. The fraction of sp³-hybridized carbons (Fsp3) is 0.294. The lowest BCUT2D eigenvalue weighted by molar-refractivity contribution is 0.477. The second-order valence-electron chi connectivity index (χ2n) is 5.23. The number of nitriles is 1. The van der Waals surface area contributed by atoms with E-state index in [1.807, 2.05) is 6.07 Å². The number of anilines is 1. The number of phenolic OH excluding ortho intramolecular Hbond substituents is 1. The molecule has 0 saturated heterocycles. The van der Waals surface area contributed by atoms with E-state index in [0.29, 0.717) is 22.4 Å². The summed E-state index contributed by atoms with van der Waals surface area (Å²) in [6, 6.07) is 10.4. The Kier molecular flexibility index (Phi) is 6.83. The van der Waals surface area contributed by atoms with Gasteiger partial charge >= 0.3 is 0 Å². The van der Waals surface area contributed by atoms with Crippen LogP contribution in [0.3, 0.4) is 0 Å². The molecular weight excluding hydrogens is 312 g/mol. The molecule has 2 rings (SSSR count). The zero-order chi connectivity index (χ0) is 16.1. The lowest BCUT2D eigenvalue weighted by atomic mass is 9.96. The van der Waals surface area contributed by atoms with Crippen LogP contribution in [0.15, 0.2) is 30.3 Å². The Labute approximate surface area is 142 Å². The summed E-state index contributed by atoms with van der Waals surface area (Å²) in [5.41, 5.74) is 14.2. The van der Waals surface area contributed by atoms with Crippen LogP contribution in [0.1, 0.15) is 43.4 Å². The van der Waals surface area contributed by atoms with E-state index in [9.17, 15) is 10.4 Å². The Bertz CT molecular complexity index is 712. The van der Waals surface area contributed by atoms with Crippen LogP contribution in [-0.4, -0.2) is 10.1 Å². The van der Waals surface area contributed by atoms with Gasteiger partial charge in [0.05, 0.1) is 11.3 Å². The fourth-order valence-corrected chi connectivity index (χ4v) is 2.41. The molecule has 1 atom stereocenters. The van der Waals surface area contributed by atoms with Gasteiger partial charge in [-0.05, 0) is 30.2 Å². The Balaban J connectivity index is 0.00000264. The number of benzene rings is 1. The van der Waals surface area contributed by atoms with Crippen LogP contribution < -0.4 is 11.5 Å². The Morgan fingerprint density at radius 3 is 2.65 bits per heavy atom. The van der Waals surface area contributed by atoms with Gasteiger partial charge in [-0.15, -0.1) is 12.4 Å². The smallest absolute Gasteiger partial charge is 0.142 e. The molecule has 0 aliphatic heterocycles. The highest BCUT2D eigenvalue weighted by atomic mass is 35.5. The average Bonchev–Trinajstić information content (AvgIpc) is 2.52. The van der Waals surface area contributed by atoms with Crippen LogP contribution in [0.25, 0.3) is 11.3 Å². The van der Waals surface area contributed by atoms with Crippen molar-refractivity contribution in [2.24, 2.45) is 5.73 Å². The molecule has 122 valence electrons. The van der Waals surface area contributed by atoms with Crippen LogP contribution in [-0.2, 0) is 0 Å². The zero-order valence-electron chi connectivity index (χ0n) is 13.0. The van der Waals surface area contributed by atoms with Crippen LogP contribution in [0, 0.1) is 11.3 Å². The number of nitrogen functional groups attached to an aromatic ring is 1. The molecule has 0 spiro atoms. The molecule has 6 heteroatoms. The van der Waals surface area contributed by atoms with Crippen molar-refractivity contribution < 1.29 is 5.11 Å². The minimum absolute atomic E-state index is 0. The molecule has 1 aromatic carbocycles. The summed E-state index contributed by atoms with van der Waals surface area (Å²) >= 11 is 0. The number of para-hydroxylation sites is 1. The predicted molar refractivity (Wildman–Crippen MR) is 94.2 cm³/mol. The first-order chi connectivity index (χ1) is 10.6. The number of unbranched alkanes of at least 4 members (excludes halogenated alkanes) is 1. The molecule has 0 fully saturated rings. The van der Waals surface area contributed by atoms with Crippen molar-refractivity contribution in [1.82, 2.24) is 4.98 Å². The van der Waals surface area contributed by atoms with E-state index >= 15 is 0 Å². The normalized spacial score (nSPS) is 11.3. The molecule has 0 saturated carbocycles. The molecule has 0 bridgehead atoms. The lowest BCUT2D eigenvalue weighted by Crippen LogP contribution is -2.14. The van der Waals surface area contributed by atoms with Gasteiger partial charge in [0, 0.05) is 11.6 Å². The third-order valence-corrected chi connectivity index (χ3v) is 3.64. The topological polar surface area (TPSA) is 109 Å². The molecule has 0 aliphatic carbocycles. The second-order valence-corrected chi connectivity index (χ2v) is 5.23. The number of pyridine rings is 1. The summed E-state index contributed by atoms with van der Waals surface area (Å²) in [6.45, 7) is 2.09. The van der Waals surface area contributed by atoms with Crippen molar-refractivity contribution in [2.45, 2.75) is 32.2 Å². The van der Waals surface area contributed by atoms with Gasteiger partial charge in [0.25, 0.3) is 0 Å². The van der Waals surface area contributed by atoms with Gasteiger partial charge in [-0.25, -0.2) is 4.98 Å². The number of hydrogen-bond acceptors (Lipinski definition) is 5. The van der Waals surface area contributed by atoms with Crippen molar-refractivity contribution in [1.29, 1.82) is 5.26 Å². The van der Waals surface area contributed by atoms with Crippen molar-refractivity contribution in [3.8, 4) is 23.1 Å². The Morgan fingerprint density at radius 2 is 2.04 bits per heavy atom. The summed E-state index contributed by atoms with van der Waals surface area (Å²) in [6.07, 6.45) is 2.78. The number of aromatic nitrogens is 1. The van der Waals surface area contributed by atoms with Gasteiger partial charge in [-0.2, -0.15) is 5.26 Å². The van der Waals surface area contributed by atoms with Crippen molar-refractivity contribution >= 4 is 18.2 Å². The minimum Gasteiger partial charge on any atom is -0.507 e. The highest BCUT2D eigenvalue weighted by molar-refractivity contribution is 5.85. The van der Waals surface area contributed by atoms with Crippen LogP contribution in [0.5, 0.6) is 5.75 Å². The molecule has 1 heterocycles. The quantitative estimate of drug-likeness (QED) is 0.776. The predicted octanol–water partition coefficient (Wildman–Crippen LogP) is 3.52. The van der Waals surface area contributed by atoms with E-state index in [-0.39, 0.29) is 30.0 Å². The van der Waals surface area contributed by atoms with Gasteiger partial charge in [0.1, 0.15) is 17.6 Å². The molecule has 0 radical (unpaired) electrons. The number of aromatic hydroxyl groups is 1. The molecule has 23 heavy (non-hydrogen) atoms. The summed E-state index contributed by atoms with van der Waals surface area (Å²) in [5, 5.41) is 19.3. The first-order valence-electron chi connectivity index (χ1n) is 7.33. The highest BCUT2D eigenvalue weighted by Crippen LogP contribution is 2.32. The Hall–Kier alpha value is -2.29. The highest BCUT2D eigenvalue weighted by Gasteiger charge is 2.17. The van der Waals surface area contributed by atoms with E-state index in [4.69, 9.17) is 11.5 Å². The standard InChI is InChI=1S/C17H20N4O.ClH/c1-2-3-7-14(19)12-9-15(21-17(20)13(12)10-18)11-6-4-5-8-16(11)22;/h4-6,8-9,14,22H,2-3,7,19H2,1H3,(H2,20,21);1H/t14-;/m0./s1. The van der Waals surface area contributed by atoms with Gasteiger partial charge in [-0.1, -0.05) is 31.9 Å². The lowest BCUT2D eigenvalue weighted by Gasteiger charge is -2.16. The second kappa shape index (κ2) is 8.37. The number of phenols is 1. The van der Waals surface area contributed by atoms with Crippen LogP contribution >= 0.6 is 12.4 Å². The summed E-state index contributed by atoms with van der Waals surface area (Å²) < 4.78 is 0. The van der Waals surface area contributed by atoms with Crippen LogP contribution in [0.2, 0.25) is 0 Å². The molecule has 1 aromatic heterocycles. The SMILES string of the molecule is CCCC[C@H](N)c1cc(-c2ccccc2O)nc(N)c1C#N.Cl. The molecule has 5 nitrogen and oxygen atoms in total. The summed E-state index contributed by atoms with van der Waals surface area (Å²) in [4.78, 5) is 4.24. The maximum absolute atomic E-state index is 9.98. The van der Waals surface area contributed by atoms with E-state index in [1.165, 1.54) is 0 Å². The van der Waals surface area contributed by atoms with Crippen molar-refractivity contribution in [3.63, 3.8) is 0 Å². The average molecular weight is 333 g/mol. The van der Waals surface area contributed by atoms with Crippen LogP contribution in [0.4, 0.5) is 5.82 Å². The fourth-order valence-electron chi connectivity index (χ4n) is 2.41.